The first-order chi connectivity index (χ1) is 18.4. The third kappa shape index (κ3) is 3.83. The molecule has 1 amide bonds. The van der Waals surface area contributed by atoms with Crippen molar-refractivity contribution in [1.29, 1.82) is 0 Å². The number of benzene rings is 2. The number of allylic oxidation sites excluding steroid dienone is 1. The van der Waals surface area contributed by atoms with Crippen LogP contribution in [0.25, 0.3) is 5.57 Å². The number of hydrogen-bond acceptors (Lipinski definition) is 8. The van der Waals surface area contributed by atoms with Crippen molar-refractivity contribution in [1.82, 2.24) is 4.57 Å². The Kier molecular flexibility index (Phi) is 6.66. The Labute approximate surface area is 222 Å². The second kappa shape index (κ2) is 9.94. The Morgan fingerprint density at radius 3 is 2.53 bits per heavy atom. The zero-order valence-corrected chi connectivity index (χ0v) is 22.5. The van der Waals surface area contributed by atoms with Crippen LogP contribution in [-0.2, 0) is 14.3 Å². The van der Waals surface area contributed by atoms with Gasteiger partial charge in [-0.2, -0.15) is 0 Å². The quantitative estimate of drug-likeness (QED) is 0.452. The molecule has 3 heterocycles. The van der Waals surface area contributed by atoms with Crippen LogP contribution in [0.1, 0.15) is 37.9 Å². The van der Waals surface area contributed by atoms with E-state index in [1.165, 1.54) is 18.8 Å². The number of likely N-dealkylation sites (N-methyl/N-ethyl adjacent to an activating group) is 1. The van der Waals surface area contributed by atoms with Crippen molar-refractivity contribution in [3.63, 3.8) is 0 Å². The number of hydrogen-bond donors (Lipinski definition) is 0. The first-order valence-corrected chi connectivity index (χ1v) is 13.0. The van der Waals surface area contributed by atoms with E-state index in [2.05, 4.69) is 4.99 Å². The van der Waals surface area contributed by atoms with Gasteiger partial charge in [0.1, 0.15) is 22.1 Å². The number of ether oxygens (including phenoxy) is 3. The molecule has 0 saturated carbocycles. The summed E-state index contributed by atoms with van der Waals surface area (Å²) in [5, 5.41) is 0. The van der Waals surface area contributed by atoms with Crippen LogP contribution in [0.15, 0.2) is 63.5 Å². The highest BCUT2D eigenvalue weighted by atomic mass is 32.1. The Morgan fingerprint density at radius 1 is 1.08 bits per heavy atom. The summed E-state index contributed by atoms with van der Waals surface area (Å²) in [6.07, 6.45) is 0. The van der Waals surface area contributed by atoms with Gasteiger partial charge in [0.05, 0.1) is 43.4 Å². The van der Waals surface area contributed by atoms with Gasteiger partial charge in [-0.25, -0.2) is 9.79 Å². The summed E-state index contributed by atoms with van der Waals surface area (Å²) >= 11 is 1.13. The molecule has 0 spiro atoms. The summed E-state index contributed by atoms with van der Waals surface area (Å²) in [6, 6.07) is 11.7. The average molecular weight is 534 g/mol. The Morgan fingerprint density at radius 2 is 1.84 bits per heavy atom. The average Bonchev–Trinajstić information content (AvgIpc) is 3.39. The number of aromatic nitrogens is 1. The third-order valence-corrected chi connectivity index (χ3v) is 7.74. The molecule has 0 fully saturated rings. The zero-order valence-electron chi connectivity index (χ0n) is 21.7. The van der Waals surface area contributed by atoms with Gasteiger partial charge in [-0.15, -0.1) is 0 Å². The van der Waals surface area contributed by atoms with Gasteiger partial charge in [-0.05, 0) is 45.0 Å². The van der Waals surface area contributed by atoms with Gasteiger partial charge in [-0.1, -0.05) is 29.5 Å². The molecule has 0 aliphatic carbocycles. The largest absolute Gasteiger partial charge is 0.497 e. The standard InChI is InChI=1S/C28H27N3O6S/c1-6-30-19-11-9-8-10-17(19)22(25(30)32)24-26(33)31-23(18-14-16(35-4)12-13-20(18)36-5)21(27(34)37-7-2)15(3)29-28(31)38-24/h8-14,23H,6-7H2,1-5H3/b24-22+/t23-/m0/s1. The maximum absolute atomic E-state index is 14.2. The van der Waals surface area contributed by atoms with Gasteiger partial charge in [-0.3, -0.25) is 14.2 Å². The Balaban J connectivity index is 1.86. The molecule has 10 heteroatoms. The molecule has 2 aliphatic rings. The van der Waals surface area contributed by atoms with Crippen LogP contribution in [0.5, 0.6) is 11.5 Å². The summed E-state index contributed by atoms with van der Waals surface area (Å²) in [5.41, 5.74) is 2.54. The minimum Gasteiger partial charge on any atom is -0.497 e. The van der Waals surface area contributed by atoms with Crippen LogP contribution in [-0.4, -0.2) is 43.8 Å². The topological polar surface area (TPSA) is 99.4 Å². The van der Waals surface area contributed by atoms with E-state index < -0.39 is 17.6 Å². The lowest BCUT2D eigenvalue weighted by molar-refractivity contribution is -0.139. The van der Waals surface area contributed by atoms with Crippen molar-refractivity contribution in [2.24, 2.45) is 4.99 Å². The lowest BCUT2D eigenvalue weighted by Gasteiger charge is -2.26. The van der Waals surface area contributed by atoms with Crippen LogP contribution < -0.4 is 29.3 Å². The zero-order chi connectivity index (χ0) is 27.1. The molecule has 3 aromatic rings. The number of para-hydroxylation sites is 1. The van der Waals surface area contributed by atoms with Gasteiger partial charge in [0.2, 0.25) is 0 Å². The van der Waals surface area contributed by atoms with E-state index in [4.69, 9.17) is 14.2 Å². The molecular weight excluding hydrogens is 506 g/mol. The Bertz CT molecular complexity index is 1680. The number of carbonyl (C=O) groups excluding carboxylic acids is 2. The smallest absolute Gasteiger partial charge is 0.338 e. The summed E-state index contributed by atoms with van der Waals surface area (Å²) < 4.78 is 18.2. The van der Waals surface area contributed by atoms with E-state index in [0.29, 0.717) is 45.2 Å². The predicted molar refractivity (Wildman–Crippen MR) is 143 cm³/mol. The van der Waals surface area contributed by atoms with Crippen LogP contribution in [0.2, 0.25) is 0 Å². The molecule has 38 heavy (non-hydrogen) atoms. The van der Waals surface area contributed by atoms with Crippen molar-refractivity contribution in [2.45, 2.75) is 26.8 Å². The highest BCUT2D eigenvalue weighted by molar-refractivity contribution is 7.07. The number of esters is 1. The molecule has 5 rings (SSSR count). The number of rotatable bonds is 6. The molecule has 0 radical (unpaired) electrons. The number of nitrogens with zero attached hydrogens (tertiary/aromatic N) is 3. The first kappa shape index (κ1) is 25.5. The molecule has 2 aliphatic heterocycles. The fraction of sp³-hybridized carbons (Fsp3) is 0.286. The number of methoxy groups -OCH3 is 2. The maximum atomic E-state index is 14.2. The molecule has 9 nitrogen and oxygen atoms in total. The second-order valence-electron chi connectivity index (χ2n) is 8.67. The van der Waals surface area contributed by atoms with Gasteiger partial charge in [0.15, 0.2) is 4.80 Å². The van der Waals surface area contributed by atoms with Gasteiger partial charge in [0.25, 0.3) is 11.5 Å². The summed E-state index contributed by atoms with van der Waals surface area (Å²) in [4.78, 5) is 47.6. The SMILES string of the molecule is CCOC(=O)C1=C(C)N=c2s/c(=C3/C(=O)N(CC)c4ccccc43)c(=O)n2[C@H]1c1cc(OC)ccc1OC. The highest BCUT2D eigenvalue weighted by Gasteiger charge is 2.38. The summed E-state index contributed by atoms with van der Waals surface area (Å²) in [7, 11) is 3.06. The highest BCUT2D eigenvalue weighted by Crippen LogP contribution is 2.38. The molecule has 196 valence electrons. The van der Waals surface area contributed by atoms with Gasteiger partial charge >= 0.3 is 5.97 Å². The maximum Gasteiger partial charge on any atom is 0.338 e. The summed E-state index contributed by atoms with van der Waals surface area (Å²) in [6.45, 7) is 5.94. The number of anilines is 1. The molecular formula is C28H27N3O6S. The lowest BCUT2D eigenvalue weighted by Crippen LogP contribution is -2.41. The fourth-order valence-corrected chi connectivity index (χ4v) is 6.14. The predicted octanol–water partition coefficient (Wildman–Crippen LogP) is 2.55. The van der Waals surface area contributed by atoms with Crippen LogP contribution in [0, 0.1) is 0 Å². The monoisotopic (exact) mass is 533 g/mol. The van der Waals surface area contributed by atoms with Gasteiger partial charge < -0.3 is 19.1 Å². The number of amides is 1. The van der Waals surface area contributed by atoms with E-state index in [1.807, 2.05) is 31.2 Å². The minimum atomic E-state index is -0.904. The van der Waals surface area contributed by atoms with E-state index in [9.17, 15) is 14.4 Å². The van der Waals surface area contributed by atoms with E-state index in [0.717, 1.165) is 17.0 Å². The van der Waals surface area contributed by atoms with Gasteiger partial charge in [0, 0.05) is 17.7 Å². The molecule has 2 aromatic carbocycles. The van der Waals surface area contributed by atoms with Crippen molar-refractivity contribution in [2.75, 3.05) is 32.3 Å². The van der Waals surface area contributed by atoms with E-state index in [1.54, 1.807) is 36.9 Å². The van der Waals surface area contributed by atoms with Crippen molar-refractivity contribution in [3.8, 4) is 11.5 Å². The summed E-state index contributed by atoms with van der Waals surface area (Å²) in [5.74, 6) is 0.170. The number of fused-ring (bicyclic) bond motifs is 2. The molecule has 0 N–H and O–H groups in total. The van der Waals surface area contributed by atoms with Crippen molar-refractivity contribution >= 4 is 34.5 Å². The van der Waals surface area contributed by atoms with Crippen molar-refractivity contribution in [3.05, 3.63) is 84.5 Å². The minimum absolute atomic E-state index is 0.157. The van der Waals surface area contributed by atoms with Crippen LogP contribution in [0.3, 0.4) is 0 Å². The lowest BCUT2D eigenvalue weighted by atomic mass is 9.94. The van der Waals surface area contributed by atoms with Crippen LogP contribution >= 0.6 is 11.3 Å². The molecule has 0 unspecified atom stereocenters. The molecule has 0 saturated heterocycles. The van der Waals surface area contributed by atoms with E-state index >= 15 is 0 Å². The van der Waals surface area contributed by atoms with E-state index in [-0.39, 0.29) is 22.6 Å². The number of thiazole rings is 1. The fourth-order valence-electron chi connectivity index (χ4n) is 5.00. The third-order valence-electron chi connectivity index (χ3n) is 6.69. The normalized spacial score (nSPS) is 17.7. The second-order valence-corrected chi connectivity index (χ2v) is 9.65. The molecule has 1 aromatic heterocycles. The van der Waals surface area contributed by atoms with Crippen molar-refractivity contribution < 1.29 is 23.8 Å². The van der Waals surface area contributed by atoms with Crippen LogP contribution in [0.4, 0.5) is 5.69 Å². The first-order valence-electron chi connectivity index (χ1n) is 12.2. The molecule has 1 atom stereocenters. The number of carbonyl (C=O) groups is 2. The molecule has 0 bridgehead atoms. The Hall–Kier alpha value is -4.18.